The lowest BCUT2D eigenvalue weighted by molar-refractivity contribution is -0.161. The third-order valence-electron chi connectivity index (χ3n) is 3.86. The number of carboxylic acid groups (broad SMARTS) is 1. The first-order valence-electron chi connectivity index (χ1n) is 6.83. The van der Waals surface area contributed by atoms with Crippen molar-refractivity contribution in [3.8, 4) is 0 Å². The molecule has 108 valence electrons. The number of pyridine rings is 1. The Morgan fingerprint density at radius 1 is 1.40 bits per heavy atom. The van der Waals surface area contributed by atoms with E-state index in [-0.39, 0.29) is 5.56 Å². The van der Waals surface area contributed by atoms with Gasteiger partial charge in [0.15, 0.2) is 5.79 Å². The summed E-state index contributed by atoms with van der Waals surface area (Å²) in [5.74, 6) is -0.663. The van der Waals surface area contributed by atoms with Gasteiger partial charge in [-0.1, -0.05) is 0 Å². The molecule has 2 aliphatic rings. The van der Waals surface area contributed by atoms with Crippen LogP contribution in [0, 0.1) is 6.92 Å². The minimum absolute atomic E-state index is 0.244. The monoisotopic (exact) mass is 278 g/mol. The second-order valence-corrected chi connectivity index (χ2v) is 5.24. The topological polar surface area (TPSA) is 71.9 Å². The lowest BCUT2D eigenvalue weighted by Crippen LogP contribution is -2.49. The number of carbonyl (C=O) groups is 1. The van der Waals surface area contributed by atoms with Crippen LogP contribution in [-0.4, -0.2) is 48.2 Å². The molecule has 0 radical (unpaired) electrons. The second kappa shape index (κ2) is 5.03. The molecule has 0 atom stereocenters. The third kappa shape index (κ3) is 2.36. The second-order valence-electron chi connectivity index (χ2n) is 5.24. The van der Waals surface area contributed by atoms with Gasteiger partial charge in [-0.3, -0.25) is 0 Å². The van der Waals surface area contributed by atoms with Crippen LogP contribution in [0.5, 0.6) is 0 Å². The number of nitrogens with zero attached hydrogens (tertiary/aromatic N) is 2. The zero-order valence-electron chi connectivity index (χ0n) is 11.5. The van der Waals surface area contributed by atoms with Gasteiger partial charge in [0.25, 0.3) is 0 Å². The standard InChI is InChI=1S/C14H18N2O4/c1-10-11(13(17)18)3-4-12(15-10)16-6-2-5-14(9-16)19-7-8-20-14/h3-4H,2,5-9H2,1H3,(H,17,18). The van der Waals surface area contributed by atoms with Gasteiger partial charge in [-0.05, 0) is 25.5 Å². The maximum atomic E-state index is 11.0. The summed E-state index contributed by atoms with van der Waals surface area (Å²) in [5.41, 5.74) is 0.775. The van der Waals surface area contributed by atoms with E-state index in [9.17, 15) is 4.79 Å². The highest BCUT2D eigenvalue weighted by atomic mass is 16.7. The average Bonchev–Trinajstić information content (AvgIpc) is 2.86. The normalized spacial score (nSPS) is 21.4. The fraction of sp³-hybridized carbons (Fsp3) is 0.571. The van der Waals surface area contributed by atoms with E-state index in [2.05, 4.69) is 9.88 Å². The molecule has 2 aliphatic heterocycles. The van der Waals surface area contributed by atoms with Crippen molar-refractivity contribution in [2.75, 3.05) is 31.2 Å². The van der Waals surface area contributed by atoms with Crippen LogP contribution < -0.4 is 4.90 Å². The maximum Gasteiger partial charge on any atom is 0.337 e. The van der Waals surface area contributed by atoms with E-state index in [1.807, 2.05) is 0 Å². The summed E-state index contributed by atoms with van der Waals surface area (Å²) in [6.45, 7) is 4.52. The van der Waals surface area contributed by atoms with Crippen LogP contribution in [-0.2, 0) is 9.47 Å². The van der Waals surface area contributed by atoms with Gasteiger partial charge in [-0.25, -0.2) is 9.78 Å². The number of aromatic nitrogens is 1. The molecule has 0 aliphatic carbocycles. The Bertz CT molecular complexity index is 526. The minimum atomic E-state index is -0.945. The van der Waals surface area contributed by atoms with Crippen LogP contribution in [0.25, 0.3) is 0 Å². The molecule has 3 heterocycles. The Kier molecular flexibility index (Phi) is 3.35. The summed E-state index contributed by atoms with van der Waals surface area (Å²) >= 11 is 0. The summed E-state index contributed by atoms with van der Waals surface area (Å²) in [6, 6.07) is 3.36. The molecule has 3 rings (SSSR count). The Hall–Kier alpha value is -1.66. The van der Waals surface area contributed by atoms with Gasteiger partial charge < -0.3 is 19.5 Å². The van der Waals surface area contributed by atoms with Crippen molar-refractivity contribution >= 4 is 11.8 Å². The van der Waals surface area contributed by atoms with Gasteiger partial charge in [0.1, 0.15) is 5.82 Å². The van der Waals surface area contributed by atoms with Crippen molar-refractivity contribution in [3.63, 3.8) is 0 Å². The summed E-state index contributed by atoms with van der Waals surface area (Å²) in [5, 5.41) is 9.04. The van der Waals surface area contributed by atoms with Crippen LogP contribution in [0.4, 0.5) is 5.82 Å². The maximum absolute atomic E-state index is 11.0. The van der Waals surface area contributed by atoms with Crippen molar-refractivity contribution in [3.05, 3.63) is 23.4 Å². The zero-order valence-corrected chi connectivity index (χ0v) is 11.5. The molecule has 0 unspecified atom stereocenters. The van der Waals surface area contributed by atoms with Crippen LogP contribution in [0.1, 0.15) is 28.9 Å². The van der Waals surface area contributed by atoms with Crippen LogP contribution in [0.2, 0.25) is 0 Å². The first-order chi connectivity index (χ1) is 9.60. The number of anilines is 1. The Labute approximate surface area is 117 Å². The molecule has 0 bridgehead atoms. The van der Waals surface area contributed by atoms with Gasteiger partial charge in [0, 0.05) is 13.0 Å². The van der Waals surface area contributed by atoms with Gasteiger partial charge in [-0.2, -0.15) is 0 Å². The molecule has 2 saturated heterocycles. The van der Waals surface area contributed by atoms with E-state index in [0.29, 0.717) is 25.5 Å². The summed E-state index contributed by atoms with van der Waals surface area (Å²) in [7, 11) is 0. The molecule has 6 nitrogen and oxygen atoms in total. The number of aryl methyl sites for hydroxylation is 1. The lowest BCUT2D eigenvalue weighted by Gasteiger charge is -2.39. The summed E-state index contributed by atoms with van der Waals surface area (Å²) in [4.78, 5) is 17.5. The van der Waals surface area contributed by atoms with Crippen molar-refractivity contribution in [2.24, 2.45) is 0 Å². The Balaban J connectivity index is 1.82. The predicted molar refractivity (Wildman–Crippen MR) is 72.0 cm³/mol. The minimum Gasteiger partial charge on any atom is -0.478 e. The van der Waals surface area contributed by atoms with Gasteiger partial charge in [-0.15, -0.1) is 0 Å². The number of ether oxygens (including phenoxy) is 2. The highest BCUT2D eigenvalue weighted by Crippen LogP contribution is 2.32. The average molecular weight is 278 g/mol. The molecule has 0 aromatic carbocycles. The Morgan fingerprint density at radius 2 is 2.15 bits per heavy atom. The predicted octanol–water partition coefficient (Wildman–Crippen LogP) is 1.43. The van der Waals surface area contributed by atoms with Crippen molar-refractivity contribution in [2.45, 2.75) is 25.6 Å². The SMILES string of the molecule is Cc1nc(N2CCCC3(C2)OCCO3)ccc1C(=O)O. The fourth-order valence-electron chi connectivity index (χ4n) is 2.87. The Morgan fingerprint density at radius 3 is 2.80 bits per heavy atom. The summed E-state index contributed by atoms with van der Waals surface area (Å²) < 4.78 is 11.5. The first-order valence-corrected chi connectivity index (χ1v) is 6.83. The van der Waals surface area contributed by atoms with Gasteiger partial charge >= 0.3 is 5.97 Å². The quantitative estimate of drug-likeness (QED) is 0.882. The van der Waals surface area contributed by atoms with Crippen LogP contribution in [0.15, 0.2) is 12.1 Å². The molecule has 1 aromatic heterocycles. The molecule has 1 N–H and O–H groups in total. The number of hydrogen-bond donors (Lipinski definition) is 1. The van der Waals surface area contributed by atoms with E-state index in [1.54, 1.807) is 19.1 Å². The molecule has 20 heavy (non-hydrogen) atoms. The number of rotatable bonds is 2. The van der Waals surface area contributed by atoms with Crippen molar-refractivity contribution in [1.82, 2.24) is 4.98 Å². The first kappa shape index (κ1) is 13.3. The molecular weight excluding hydrogens is 260 g/mol. The van der Waals surface area contributed by atoms with Gasteiger partial charge in [0.2, 0.25) is 0 Å². The van der Waals surface area contributed by atoms with Crippen LogP contribution in [0.3, 0.4) is 0 Å². The molecular formula is C14H18N2O4. The molecule has 1 spiro atoms. The van der Waals surface area contributed by atoms with Crippen molar-refractivity contribution < 1.29 is 19.4 Å². The highest BCUT2D eigenvalue weighted by Gasteiger charge is 2.41. The van der Waals surface area contributed by atoms with E-state index >= 15 is 0 Å². The number of carboxylic acids is 1. The largest absolute Gasteiger partial charge is 0.478 e. The third-order valence-corrected chi connectivity index (χ3v) is 3.86. The number of piperidine rings is 1. The smallest absolute Gasteiger partial charge is 0.337 e. The van der Waals surface area contributed by atoms with Crippen LogP contribution >= 0.6 is 0 Å². The number of aromatic carboxylic acids is 1. The molecule has 2 fully saturated rings. The molecule has 0 saturated carbocycles. The van der Waals surface area contributed by atoms with Gasteiger partial charge in [0.05, 0.1) is 31.0 Å². The van der Waals surface area contributed by atoms with E-state index in [1.165, 1.54) is 0 Å². The molecule has 0 amide bonds. The van der Waals surface area contributed by atoms with Crippen molar-refractivity contribution in [1.29, 1.82) is 0 Å². The highest BCUT2D eigenvalue weighted by molar-refractivity contribution is 5.89. The fourth-order valence-corrected chi connectivity index (χ4v) is 2.87. The van der Waals surface area contributed by atoms with E-state index < -0.39 is 11.8 Å². The lowest BCUT2D eigenvalue weighted by atomic mass is 10.0. The number of hydrogen-bond acceptors (Lipinski definition) is 5. The molecule has 6 heteroatoms. The zero-order chi connectivity index (χ0) is 14.2. The summed E-state index contributed by atoms with van der Waals surface area (Å²) in [6.07, 6.45) is 1.87. The van der Waals surface area contributed by atoms with E-state index in [0.717, 1.165) is 25.2 Å². The van der Waals surface area contributed by atoms with E-state index in [4.69, 9.17) is 14.6 Å². The molecule has 1 aromatic rings.